The lowest BCUT2D eigenvalue weighted by Crippen LogP contribution is -2.48. The van der Waals surface area contributed by atoms with Crippen LogP contribution in [0.4, 0.5) is 29.0 Å². The van der Waals surface area contributed by atoms with Gasteiger partial charge in [0.05, 0.1) is 11.1 Å². The van der Waals surface area contributed by atoms with E-state index >= 15 is 0 Å². The largest absolute Gasteiger partial charge is 0.481 e. The first-order valence-electron chi connectivity index (χ1n) is 27.1. The Kier molecular flexibility index (Phi) is 17.1. The fourth-order valence-corrected chi connectivity index (χ4v) is 12.0. The Morgan fingerprint density at radius 1 is 0.472 bits per heavy atom. The number of carboxylic acids is 2. The first-order valence-corrected chi connectivity index (χ1v) is 27.1. The van der Waals surface area contributed by atoms with Crippen LogP contribution >= 0.6 is 0 Å². The van der Waals surface area contributed by atoms with Crippen molar-refractivity contribution >= 4 is 52.7 Å². The normalized spacial score (nSPS) is 21.0. The van der Waals surface area contributed by atoms with Gasteiger partial charge in [0.1, 0.15) is 23.3 Å². The number of carbonyl (C=O) groups is 4. The molecule has 10 rings (SSSR count). The Bertz CT molecular complexity index is 2470. The van der Waals surface area contributed by atoms with Crippen LogP contribution in [0.1, 0.15) is 135 Å². The summed E-state index contributed by atoms with van der Waals surface area (Å²) in [5.74, 6) is 1.86. The zero-order valence-corrected chi connectivity index (χ0v) is 42.1. The van der Waals surface area contributed by atoms with E-state index in [-0.39, 0.29) is 48.6 Å². The second kappa shape index (κ2) is 24.4. The van der Waals surface area contributed by atoms with Crippen molar-refractivity contribution in [2.45, 2.75) is 128 Å². The van der Waals surface area contributed by atoms with Crippen molar-refractivity contribution in [1.29, 1.82) is 0 Å². The molecular weight excluding hydrogens is 907 g/mol. The van der Waals surface area contributed by atoms with Crippen LogP contribution in [0.5, 0.6) is 0 Å². The predicted molar refractivity (Wildman–Crippen MR) is 284 cm³/mol. The van der Waals surface area contributed by atoms with E-state index in [4.69, 9.17) is 9.97 Å². The van der Waals surface area contributed by atoms with E-state index < -0.39 is 11.9 Å². The van der Waals surface area contributed by atoms with E-state index in [1.54, 1.807) is 0 Å². The summed E-state index contributed by atoms with van der Waals surface area (Å²) in [5, 5.41) is 25.1. The zero-order valence-electron chi connectivity index (χ0n) is 42.1. The SMILES string of the molecule is O=C(O)C[C@@H]1CCCN(c2ccc(C(=O)NC3CCCCC3)c(N3CCN(c4ccccc4)CC3)n2)C1.O=C(O)C[C@@H]1CCCN(c2ccc(C(=O)NC3CCCCC3)c(N3CCc4ccccc4C3)n2)C1. The molecule has 5 fully saturated rings. The minimum atomic E-state index is -0.744. The fraction of sp³-hybridized carbons (Fsp3) is 0.544. The van der Waals surface area contributed by atoms with Gasteiger partial charge in [-0.3, -0.25) is 19.2 Å². The summed E-state index contributed by atoms with van der Waals surface area (Å²) in [4.78, 5) is 70.8. The minimum absolute atomic E-state index is 0.0335. The number of piperazine rings is 1. The van der Waals surface area contributed by atoms with Gasteiger partial charge in [-0.15, -0.1) is 0 Å². The summed E-state index contributed by atoms with van der Waals surface area (Å²) in [6.07, 6.45) is 16.4. The summed E-state index contributed by atoms with van der Waals surface area (Å²) >= 11 is 0. The number of benzene rings is 2. The van der Waals surface area contributed by atoms with E-state index in [0.717, 1.165) is 133 Å². The van der Waals surface area contributed by atoms with Crippen LogP contribution in [-0.2, 0) is 22.6 Å². The van der Waals surface area contributed by atoms with Gasteiger partial charge in [0.15, 0.2) is 0 Å². The van der Waals surface area contributed by atoms with Crippen LogP contribution in [0.25, 0.3) is 0 Å². The van der Waals surface area contributed by atoms with Crippen LogP contribution in [0, 0.1) is 11.8 Å². The lowest BCUT2D eigenvalue weighted by Gasteiger charge is -2.38. The maximum atomic E-state index is 13.5. The number of para-hydroxylation sites is 1. The van der Waals surface area contributed by atoms with Crippen molar-refractivity contribution in [3.8, 4) is 0 Å². The summed E-state index contributed by atoms with van der Waals surface area (Å²) < 4.78 is 0. The molecule has 4 aromatic rings. The van der Waals surface area contributed by atoms with E-state index in [0.29, 0.717) is 24.2 Å². The highest BCUT2D eigenvalue weighted by Crippen LogP contribution is 2.33. The Labute approximate surface area is 425 Å². The van der Waals surface area contributed by atoms with Gasteiger partial charge in [-0.25, -0.2) is 9.97 Å². The van der Waals surface area contributed by atoms with E-state index in [2.05, 4.69) is 83.7 Å². The van der Waals surface area contributed by atoms with Gasteiger partial charge in [-0.2, -0.15) is 0 Å². The van der Waals surface area contributed by atoms with Gasteiger partial charge in [-0.1, -0.05) is 81.0 Å². The number of rotatable bonds is 13. The zero-order chi connectivity index (χ0) is 49.8. The molecule has 2 amide bonds. The highest BCUT2D eigenvalue weighted by molar-refractivity contribution is 6.00. The highest BCUT2D eigenvalue weighted by atomic mass is 16.4. The van der Waals surface area contributed by atoms with Crippen LogP contribution in [-0.4, -0.2) is 115 Å². The molecule has 0 spiro atoms. The van der Waals surface area contributed by atoms with Crippen molar-refractivity contribution in [2.24, 2.45) is 11.8 Å². The number of amides is 2. The number of hydrogen-bond acceptors (Lipinski definition) is 11. The predicted octanol–water partition coefficient (Wildman–Crippen LogP) is 8.56. The summed E-state index contributed by atoms with van der Waals surface area (Å²) in [7, 11) is 0. The Morgan fingerprint density at radius 3 is 1.46 bits per heavy atom. The van der Waals surface area contributed by atoms with Crippen molar-refractivity contribution in [1.82, 2.24) is 20.6 Å². The van der Waals surface area contributed by atoms with Crippen molar-refractivity contribution in [3.63, 3.8) is 0 Å². The van der Waals surface area contributed by atoms with Crippen LogP contribution in [0.15, 0.2) is 78.9 Å². The van der Waals surface area contributed by atoms with Crippen LogP contribution in [0.2, 0.25) is 0 Å². The summed E-state index contributed by atoms with van der Waals surface area (Å²) in [6.45, 7) is 7.96. The fourth-order valence-electron chi connectivity index (χ4n) is 12.0. The van der Waals surface area contributed by atoms with Gasteiger partial charge in [0.2, 0.25) is 0 Å². The number of piperidine rings is 2. The highest BCUT2D eigenvalue weighted by Gasteiger charge is 2.31. The topological polar surface area (TPSA) is 175 Å². The molecule has 2 aliphatic carbocycles. The van der Waals surface area contributed by atoms with Gasteiger partial charge in [-0.05, 0) is 117 Å². The maximum absolute atomic E-state index is 13.5. The van der Waals surface area contributed by atoms with E-state index in [9.17, 15) is 29.4 Å². The Balaban J connectivity index is 0.000000178. The molecule has 4 N–H and O–H groups in total. The first-order chi connectivity index (χ1) is 35.1. The lowest BCUT2D eigenvalue weighted by atomic mass is 9.94. The molecule has 4 aliphatic heterocycles. The van der Waals surface area contributed by atoms with Gasteiger partial charge in [0, 0.05) is 96.1 Å². The molecule has 0 radical (unpaired) electrons. The Hall–Kier alpha value is -6.38. The van der Waals surface area contributed by atoms with Gasteiger partial charge < -0.3 is 45.3 Å². The van der Waals surface area contributed by atoms with Crippen molar-refractivity contribution in [3.05, 3.63) is 101 Å². The quantitative estimate of drug-likeness (QED) is 0.100. The standard InChI is InChI=1S/C29H39N5O3.C28H36N4O3/c35-27(36)20-22-8-7-15-34(21-22)26-14-13-25(29(37)30-23-9-3-1-4-10-23)28(31-26)33-18-16-32(17-19-33)24-11-5-2-6-12-24;33-26(34)17-20-7-6-15-31(18-20)25-13-12-24(28(35)29-23-10-2-1-3-11-23)27(30-25)32-16-14-21-8-4-5-9-22(21)19-32/h2,5-6,11-14,22-23H,1,3-4,7-10,15-21H2,(H,30,37)(H,35,36);4-5,8-9,12-13,20,23H,1-3,6-7,10-11,14-19H2,(H,29,35)(H,33,34)/t22-;20-/m00/s1. The number of carbonyl (C=O) groups excluding carboxylic acids is 2. The third-order valence-electron chi connectivity index (χ3n) is 15.8. The number of fused-ring (bicyclic) bond motifs is 1. The van der Waals surface area contributed by atoms with Crippen molar-refractivity contribution < 1.29 is 29.4 Å². The molecular formula is C57H75N9O6. The van der Waals surface area contributed by atoms with Gasteiger partial charge in [0.25, 0.3) is 11.8 Å². The van der Waals surface area contributed by atoms with E-state index in [1.807, 2.05) is 30.3 Å². The average molecular weight is 982 g/mol. The van der Waals surface area contributed by atoms with Crippen LogP contribution in [0.3, 0.4) is 0 Å². The molecule has 384 valence electrons. The number of hydrogen-bond donors (Lipinski definition) is 4. The Morgan fingerprint density at radius 2 is 0.944 bits per heavy atom. The number of aromatic nitrogens is 2. The number of nitrogens with one attached hydrogen (secondary N) is 2. The van der Waals surface area contributed by atoms with Crippen molar-refractivity contribution in [2.75, 3.05) is 83.4 Å². The second-order valence-corrected chi connectivity index (χ2v) is 21.1. The molecule has 2 aromatic carbocycles. The molecule has 15 heteroatoms. The average Bonchev–Trinajstić information content (AvgIpc) is 3.41. The molecule has 0 bridgehead atoms. The number of anilines is 5. The molecule has 2 aromatic heterocycles. The molecule has 2 saturated carbocycles. The number of pyridine rings is 2. The molecule has 3 saturated heterocycles. The summed E-state index contributed by atoms with van der Waals surface area (Å²) in [5.41, 5.74) is 5.14. The lowest BCUT2D eigenvalue weighted by molar-refractivity contribution is -0.139. The third-order valence-corrected chi connectivity index (χ3v) is 15.8. The molecule has 15 nitrogen and oxygen atoms in total. The molecule has 72 heavy (non-hydrogen) atoms. The van der Waals surface area contributed by atoms with Crippen LogP contribution < -0.4 is 35.1 Å². The first kappa shape index (κ1) is 50.6. The molecule has 6 heterocycles. The number of nitrogens with zero attached hydrogens (tertiary/aromatic N) is 7. The van der Waals surface area contributed by atoms with E-state index in [1.165, 1.54) is 55.3 Å². The minimum Gasteiger partial charge on any atom is -0.481 e. The summed E-state index contributed by atoms with van der Waals surface area (Å²) in [6, 6.07) is 27.2. The second-order valence-electron chi connectivity index (χ2n) is 21.1. The number of aliphatic carboxylic acids is 2. The molecule has 2 atom stereocenters. The number of carboxylic acid groups (broad SMARTS) is 2. The molecule has 0 unspecified atom stereocenters. The molecule has 6 aliphatic rings. The monoisotopic (exact) mass is 982 g/mol. The third kappa shape index (κ3) is 13.2. The van der Waals surface area contributed by atoms with Gasteiger partial charge >= 0.3 is 11.9 Å². The smallest absolute Gasteiger partial charge is 0.303 e. The maximum Gasteiger partial charge on any atom is 0.303 e.